The first-order valence-corrected chi connectivity index (χ1v) is 11.0. The fourth-order valence-electron chi connectivity index (χ4n) is 3.73. The highest BCUT2D eigenvalue weighted by Gasteiger charge is 2.11. The van der Waals surface area contributed by atoms with Crippen molar-refractivity contribution >= 4 is 22.7 Å². The summed E-state index contributed by atoms with van der Waals surface area (Å²) < 4.78 is 7.04. The van der Waals surface area contributed by atoms with Crippen LogP contribution in [-0.4, -0.2) is 34.5 Å². The summed E-state index contributed by atoms with van der Waals surface area (Å²) in [7, 11) is 1.72. The van der Waals surface area contributed by atoms with Crippen molar-refractivity contribution in [3.63, 3.8) is 0 Å². The molecule has 174 valence electrons. The summed E-state index contributed by atoms with van der Waals surface area (Å²) in [6, 6.07) is 16.4. The van der Waals surface area contributed by atoms with Gasteiger partial charge in [-0.25, -0.2) is 0 Å². The molecule has 0 atom stereocenters. The Labute approximate surface area is 196 Å². The van der Waals surface area contributed by atoms with Crippen LogP contribution < -0.4 is 20.9 Å². The van der Waals surface area contributed by atoms with Crippen molar-refractivity contribution < 1.29 is 14.3 Å². The van der Waals surface area contributed by atoms with Crippen molar-refractivity contribution in [3.8, 4) is 16.9 Å². The van der Waals surface area contributed by atoms with E-state index in [4.69, 9.17) is 4.74 Å². The van der Waals surface area contributed by atoms with Crippen molar-refractivity contribution in [2.45, 2.75) is 13.5 Å². The van der Waals surface area contributed by atoms with Gasteiger partial charge in [0, 0.05) is 49.0 Å². The molecule has 8 nitrogen and oxygen atoms in total. The van der Waals surface area contributed by atoms with Crippen LogP contribution in [-0.2, 0) is 18.4 Å². The van der Waals surface area contributed by atoms with Crippen LogP contribution in [0.25, 0.3) is 22.0 Å². The van der Waals surface area contributed by atoms with E-state index in [1.165, 1.54) is 0 Å². The Morgan fingerprint density at radius 2 is 1.85 bits per heavy atom. The first kappa shape index (κ1) is 22.8. The fourth-order valence-corrected chi connectivity index (χ4v) is 3.73. The van der Waals surface area contributed by atoms with E-state index >= 15 is 0 Å². The Kier molecular flexibility index (Phi) is 6.77. The second-order valence-corrected chi connectivity index (χ2v) is 7.87. The van der Waals surface area contributed by atoms with Crippen LogP contribution in [0.3, 0.4) is 0 Å². The molecule has 0 fully saturated rings. The number of carbonyl (C=O) groups excluding carboxylic acids is 2. The van der Waals surface area contributed by atoms with E-state index in [1.54, 1.807) is 48.3 Å². The lowest BCUT2D eigenvalue weighted by atomic mass is 10.0. The SMILES string of the molecule is CCNC(=O)COc1cccc(CNC(=O)c2ccc(-c3cn(C)c(=O)c4[nH]ccc34)cc2)c1. The monoisotopic (exact) mass is 458 g/mol. The normalized spacial score (nSPS) is 10.8. The number of rotatable bonds is 8. The molecule has 2 amide bonds. The van der Waals surface area contributed by atoms with Crippen molar-refractivity contribution in [2.75, 3.05) is 13.2 Å². The van der Waals surface area contributed by atoms with Crippen LogP contribution in [0.4, 0.5) is 0 Å². The quantitative estimate of drug-likeness (QED) is 0.378. The standard InChI is InChI=1S/C26H26N4O4/c1-3-27-23(31)16-34-20-6-4-5-17(13-20)14-29-25(32)19-9-7-18(8-10-19)22-15-30(2)26(33)24-21(22)11-12-28-24/h4-13,15,28H,3,14,16H2,1-2H3,(H,27,31)(H,29,32). The molecule has 34 heavy (non-hydrogen) atoms. The average molecular weight is 459 g/mol. The molecule has 0 bridgehead atoms. The van der Waals surface area contributed by atoms with Crippen molar-refractivity contribution in [1.82, 2.24) is 20.2 Å². The summed E-state index contributed by atoms with van der Waals surface area (Å²) >= 11 is 0. The smallest absolute Gasteiger partial charge is 0.274 e. The Hall–Kier alpha value is -4.33. The summed E-state index contributed by atoms with van der Waals surface area (Å²) in [5.74, 6) is 0.183. The van der Waals surface area contributed by atoms with Crippen molar-refractivity contribution in [1.29, 1.82) is 0 Å². The second kappa shape index (κ2) is 10.1. The van der Waals surface area contributed by atoms with Gasteiger partial charge in [0.25, 0.3) is 17.4 Å². The lowest BCUT2D eigenvalue weighted by Crippen LogP contribution is -2.28. The molecule has 0 radical (unpaired) electrons. The molecule has 0 aliphatic carbocycles. The number of hydrogen-bond donors (Lipinski definition) is 3. The minimum atomic E-state index is -0.201. The molecule has 2 aromatic heterocycles. The number of carbonyl (C=O) groups is 2. The topological polar surface area (TPSA) is 105 Å². The number of ether oxygens (including phenoxy) is 1. The van der Waals surface area contributed by atoms with E-state index in [0.29, 0.717) is 29.9 Å². The number of nitrogens with one attached hydrogen (secondary N) is 3. The zero-order chi connectivity index (χ0) is 24.1. The Morgan fingerprint density at radius 3 is 2.62 bits per heavy atom. The number of pyridine rings is 1. The molecule has 8 heteroatoms. The highest BCUT2D eigenvalue weighted by atomic mass is 16.5. The predicted molar refractivity (Wildman–Crippen MR) is 131 cm³/mol. The summed E-state index contributed by atoms with van der Waals surface area (Å²) in [6.45, 7) is 2.67. The lowest BCUT2D eigenvalue weighted by Gasteiger charge is -2.10. The third-order valence-electron chi connectivity index (χ3n) is 5.45. The van der Waals surface area contributed by atoms with Gasteiger partial charge >= 0.3 is 0 Å². The Bertz CT molecular complexity index is 1390. The zero-order valence-corrected chi connectivity index (χ0v) is 19.1. The second-order valence-electron chi connectivity index (χ2n) is 7.87. The van der Waals surface area contributed by atoms with Gasteiger partial charge in [-0.05, 0) is 48.4 Å². The Morgan fingerprint density at radius 1 is 1.06 bits per heavy atom. The van der Waals surface area contributed by atoms with Crippen LogP contribution in [0.5, 0.6) is 5.75 Å². The van der Waals surface area contributed by atoms with E-state index in [2.05, 4.69) is 15.6 Å². The number of aryl methyl sites for hydroxylation is 1. The van der Waals surface area contributed by atoms with Gasteiger partial charge in [0.05, 0.1) is 0 Å². The van der Waals surface area contributed by atoms with E-state index < -0.39 is 0 Å². The van der Waals surface area contributed by atoms with Gasteiger partial charge in [-0.15, -0.1) is 0 Å². The number of nitrogens with zero attached hydrogens (tertiary/aromatic N) is 1. The average Bonchev–Trinajstić information content (AvgIpc) is 3.34. The summed E-state index contributed by atoms with van der Waals surface area (Å²) in [5.41, 5.74) is 3.68. The first-order valence-electron chi connectivity index (χ1n) is 11.0. The number of H-pyrrole nitrogens is 1. The molecule has 0 aliphatic rings. The molecule has 0 unspecified atom stereocenters. The molecule has 0 saturated heterocycles. The number of amides is 2. The van der Waals surface area contributed by atoms with Crippen LogP contribution in [0.15, 0.2) is 71.8 Å². The predicted octanol–water partition coefficient (Wildman–Crippen LogP) is 2.98. The van der Waals surface area contributed by atoms with Gasteiger partial charge < -0.3 is 24.9 Å². The van der Waals surface area contributed by atoms with E-state index in [-0.39, 0.29) is 24.0 Å². The van der Waals surface area contributed by atoms with Crippen molar-refractivity contribution in [3.05, 3.63) is 88.5 Å². The lowest BCUT2D eigenvalue weighted by molar-refractivity contribution is -0.122. The largest absolute Gasteiger partial charge is 0.484 e. The van der Waals surface area contributed by atoms with Gasteiger partial charge in [0.15, 0.2) is 6.61 Å². The molecule has 4 rings (SSSR count). The van der Waals surface area contributed by atoms with Crippen LogP contribution in [0, 0.1) is 0 Å². The summed E-state index contributed by atoms with van der Waals surface area (Å²) in [4.78, 5) is 39.5. The van der Waals surface area contributed by atoms with Gasteiger partial charge in [-0.1, -0.05) is 24.3 Å². The molecular weight excluding hydrogens is 432 g/mol. The molecule has 2 aromatic carbocycles. The summed E-state index contributed by atoms with van der Waals surface area (Å²) in [6.07, 6.45) is 3.55. The zero-order valence-electron chi connectivity index (χ0n) is 19.1. The van der Waals surface area contributed by atoms with E-state index in [9.17, 15) is 14.4 Å². The number of fused-ring (bicyclic) bond motifs is 1. The van der Waals surface area contributed by atoms with Gasteiger partial charge in [0.1, 0.15) is 11.3 Å². The van der Waals surface area contributed by atoms with Crippen LogP contribution >= 0.6 is 0 Å². The van der Waals surface area contributed by atoms with E-state index in [0.717, 1.165) is 22.1 Å². The fraction of sp³-hybridized carbons (Fsp3) is 0.192. The van der Waals surface area contributed by atoms with Gasteiger partial charge in [-0.3, -0.25) is 14.4 Å². The number of aromatic amines is 1. The van der Waals surface area contributed by atoms with Gasteiger partial charge in [0.2, 0.25) is 0 Å². The van der Waals surface area contributed by atoms with E-state index in [1.807, 2.05) is 37.3 Å². The van der Waals surface area contributed by atoms with Crippen LogP contribution in [0.2, 0.25) is 0 Å². The minimum Gasteiger partial charge on any atom is -0.484 e. The van der Waals surface area contributed by atoms with Crippen LogP contribution in [0.1, 0.15) is 22.8 Å². The van der Waals surface area contributed by atoms with Crippen molar-refractivity contribution in [2.24, 2.45) is 7.05 Å². The molecule has 2 heterocycles. The Balaban J connectivity index is 1.41. The maximum atomic E-state index is 12.7. The number of aromatic nitrogens is 2. The maximum absolute atomic E-state index is 12.7. The minimum absolute atomic E-state index is 0.0549. The molecule has 4 aromatic rings. The maximum Gasteiger partial charge on any atom is 0.274 e. The number of benzene rings is 2. The highest BCUT2D eigenvalue weighted by Crippen LogP contribution is 2.26. The highest BCUT2D eigenvalue weighted by molar-refractivity contribution is 5.97. The third kappa shape index (κ3) is 5.01. The molecule has 0 aliphatic heterocycles. The molecular formula is C26H26N4O4. The van der Waals surface area contributed by atoms with Gasteiger partial charge in [-0.2, -0.15) is 0 Å². The summed E-state index contributed by atoms with van der Waals surface area (Å²) in [5, 5.41) is 6.42. The molecule has 0 saturated carbocycles. The number of hydrogen-bond acceptors (Lipinski definition) is 4. The number of likely N-dealkylation sites (N-methyl/N-ethyl adjacent to an activating group) is 1. The molecule has 0 spiro atoms. The molecule has 3 N–H and O–H groups in total. The third-order valence-corrected chi connectivity index (χ3v) is 5.45. The first-order chi connectivity index (χ1) is 16.5.